The van der Waals surface area contributed by atoms with Crippen molar-refractivity contribution in [1.29, 1.82) is 0 Å². The highest BCUT2D eigenvalue weighted by molar-refractivity contribution is 8.14. The number of hydrogen-bond acceptors (Lipinski definition) is 7. The van der Waals surface area contributed by atoms with E-state index in [0.717, 1.165) is 17.3 Å². The number of amides is 2. The van der Waals surface area contributed by atoms with Crippen molar-refractivity contribution in [3.8, 4) is 11.5 Å². The Hall–Kier alpha value is -3.53. The zero-order valence-electron chi connectivity index (χ0n) is 19.2. The van der Waals surface area contributed by atoms with Crippen LogP contribution in [0.15, 0.2) is 71.5 Å². The number of thioether (sulfide) groups is 1. The van der Waals surface area contributed by atoms with E-state index in [1.54, 1.807) is 55.7 Å². The zero-order valence-corrected chi connectivity index (χ0v) is 21.5. The lowest BCUT2D eigenvalue weighted by molar-refractivity contribution is -0.114. The standard InChI is InChI=1S/C25H20Cl2N4O4S/c1-34-17-8-5-15(6-9-17)12-20-24(33)31(16-7-10-18(26)21(13-16)35-2)25(30-20)36-14-22(32)29-19-4-3-11-28-23(19)27/h3-13H,14H2,1-2H3,(H,29,32)/b20-12-. The van der Waals surface area contributed by atoms with Crippen LogP contribution in [0, 0.1) is 0 Å². The first-order chi connectivity index (χ1) is 17.4. The minimum atomic E-state index is -0.353. The van der Waals surface area contributed by atoms with E-state index in [0.29, 0.717) is 33.1 Å². The molecule has 3 aromatic rings. The number of hydrogen-bond donors (Lipinski definition) is 1. The van der Waals surface area contributed by atoms with Gasteiger partial charge in [0, 0.05) is 12.3 Å². The van der Waals surface area contributed by atoms with Gasteiger partial charge in [-0.2, -0.15) is 0 Å². The fourth-order valence-corrected chi connectivity index (χ4v) is 4.44. The largest absolute Gasteiger partial charge is 0.497 e. The van der Waals surface area contributed by atoms with Crippen LogP contribution in [0.25, 0.3) is 6.08 Å². The van der Waals surface area contributed by atoms with Crippen LogP contribution in [0.5, 0.6) is 11.5 Å². The number of methoxy groups -OCH3 is 2. The predicted molar refractivity (Wildman–Crippen MR) is 144 cm³/mol. The number of ether oxygens (including phenoxy) is 2. The molecule has 2 aromatic carbocycles. The second kappa shape index (κ2) is 11.5. The lowest BCUT2D eigenvalue weighted by Gasteiger charge is -2.19. The summed E-state index contributed by atoms with van der Waals surface area (Å²) in [6.45, 7) is 0. The van der Waals surface area contributed by atoms with Gasteiger partial charge in [-0.25, -0.2) is 9.98 Å². The maximum atomic E-state index is 13.4. The molecule has 184 valence electrons. The molecule has 1 aliphatic heterocycles. The molecule has 11 heteroatoms. The average molecular weight is 543 g/mol. The van der Waals surface area contributed by atoms with Gasteiger partial charge < -0.3 is 14.8 Å². The fourth-order valence-electron chi connectivity index (χ4n) is 3.26. The number of halogens is 2. The van der Waals surface area contributed by atoms with Gasteiger partial charge in [0.05, 0.1) is 36.4 Å². The summed E-state index contributed by atoms with van der Waals surface area (Å²) in [5.74, 6) is 0.403. The van der Waals surface area contributed by atoms with E-state index < -0.39 is 0 Å². The van der Waals surface area contributed by atoms with E-state index in [1.165, 1.54) is 18.2 Å². The quantitative estimate of drug-likeness (QED) is 0.312. The Morgan fingerprint density at radius 1 is 1.11 bits per heavy atom. The van der Waals surface area contributed by atoms with Crippen molar-refractivity contribution in [2.24, 2.45) is 4.99 Å². The molecular formula is C25H20Cl2N4O4S. The van der Waals surface area contributed by atoms with Crippen LogP contribution < -0.4 is 19.7 Å². The number of rotatable bonds is 7. The third-order valence-corrected chi connectivity index (χ3v) is 6.56. The van der Waals surface area contributed by atoms with Crippen LogP contribution in [0.3, 0.4) is 0 Å². The molecule has 8 nitrogen and oxygen atoms in total. The Balaban J connectivity index is 1.61. The van der Waals surface area contributed by atoms with Crippen molar-refractivity contribution in [2.45, 2.75) is 0 Å². The van der Waals surface area contributed by atoms with Gasteiger partial charge in [0.2, 0.25) is 5.91 Å². The van der Waals surface area contributed by atoms with Gasteiger partial charge in [0.15, 0.2) is 10.3 Å². The maximum Gasteiger partial charge on any atom is 0.283 e. The van der Waals surface area contributed by atoms with Crippen molar-refractivity contribution >= 4 is 69.4 Å². The Kier molecular flexibility index (Phi) is 8.14. The van der Waals surface area contributed by atoms with Crippen molar-refractivity contribution in [1.82, 2.24) is 4.98 Å². The molecule has 0 unspecified atom stereocenters. The van der Waals surface area contributed by atoms with Crippen LogP contribution in [0.4, 0.5) is 11.4 Å². The monoisotopic (exact) mass is 542 g/mol. The molecule has 0 fully saturated rings. The smallest absolute Gasteiger partial charge is 0.283 e. The summed E-state index contributed by atoms with van der Waals surface area (Å²) in [4.78, 5) is 35.9. The molecule has 0 spiro atoms. The Labute approximate surface area is 221 Å². The van der Waals surface area contributed by atoms with Gasteiger partial charge in [0.25, 0.3) is 5.91 Å². The van der Waals surface area contributed by atoms with E-state index in [2.05, 4.69) is 15.3 Å². The van der Waals surface area contributed by atoms with E-state index in [1.807, 2.05) is 12.1 Å². The molecule has 1 aromatic heterocycles. The van der Waals surface area contributed by atoms with Gasteiger partial charge in [-0.1, -0.05) is 47.1 Å². The van der Waals surface area contributed by atoms with Crippen molar-refractivity contribution < 1.29 is 19.1 Å². The molecular weight excluding hydrogens is 523 g/mol. The number of pyridine rings is 1. The third kappa shape index (κ3) is 5.81. The van der Waals surface area contributed by atoms with Gasteiger partial charge in [-0.05, 0) is 48.0 Å². The first-order valence-corrected chi connectivity index (χ1v) is 12.3. The van der Waals surface area contributed by atoms with Gasteiger partial charge in [-0.3, -0.25) is 14.5 Å². The highest BCUT2D eigenvalue weighted by atomic mass is 35.5. The summed E-state index contributed by atoms with van der Waals surface area (Å²) < 4.78 is 10.5. The van der Waals surface area contributed by atoms with Gasteiger partial charge in [-0.15, -0.1) is 0 Å². The van der Waals surface area contributed by atoms with Crippen LogP contribution in [-0.4, -0.2) is 41.9 Å². The molecule has 0 saturated heterocycles. The highest BCUT2D eigenvalue weighted by Gasteiger charge is 2.33. The number of carbonyl (C=O) groups is 2. The van der Waals surface area contributed by atoms with Crippen LogP contribution in [-0.2, 0) is 9.59 Å². The minimum Gasteiger partial charge on any atom is -0.497 e. The predicted octanol–water partition coefficient (Wildman–Crippen LogP) is 5.52. The SMILES string of the molecule is COc1ccc(/C=C2\N=C(SCC(=O)Nc3cccnc3Cl)N(c3ccc(Cl)c(OC)c3)C2=O)cc1. The molecule has 0 bridgehead atoms. The molecule has 0 aliphatic carbocycles. The lowest BCUT2D eigenvalue weighted by Crippen LogP contribution is -2.31. The van der Waals surface area contributed by atoms with Crippen LogP contribution in [0.2, 0.25) is 10.2 Å². The molecule has 2 heterocycles. The Morgan fingerprint density at radius 3 is 2.58 bits per heavy atom. The second-order valence-electron chi connectivity index (χ2n) is 7.34. The van der Waals surface area contributed by atoms with E-state index >= 15 is 0 Å². The molecule has 0 saturated carbocycles. The Bertz CT molecular complexity index is 1360. The summed E-state index contributed by atoms with van der Waals surface area (Å²) in [6.07, 6.45) is 3.20. The third-order valence-electron chi connectivity index (χ3n) is 5.01. The van der Waals surface area contributed by atoms with Crippen LogP contribution >= 0.6 is 35.0 Å². The maximum absolute atomic E-state index is 13.4. The zero-order chi connectivity index (χ0) is 25.7. The number of benzene rings is 2. The number of nitrogens with one attached hydrogen (secondary N) is 1. The number of aromatic nitrogens is 1. The first kappa shape index (κ1) is 25.6. The summed E-state index contributed by atoms with van der Waals surface area (Å²) in [5.41, 5.74) is 1.88. The van der Waals surface area contributed by atoms with E-state index in [-0.39, 0.29) is 28.4 Å². The molecule has 4 rings (SSSR count). The second-order valence-corrected chi connectivity index (χ2v) is 9.04. The molecule has 2 amide bonds. The average Bonchev–Trinajstić information content (AvgIpc) is 3.19. The normalized spacial score (nSPS) is 14.1. The minimum absolute atomic E-state index is 0.0195. The number of carbonyl (C=O) groups excluding carboxylic acids is 2. The number of amidine groups is 1. The molecule has 0 radical (unpaired) electrons. The van der Waals surface area contributed by atoms with Crippen LogP contribution in [0.1, 0.15) is 5.56 Å². The number of anilines is 2. The summed E-state index contributed by atoms with van der Waals surface area (Å²) in [5, 5.41) is 3.63. The van der Waals surface area contributed by atoms with Crippen molar-refractivity contribution in [3.05, 3.63) is 82.2 Å². The highest BCUT2D eigenvalue weighted by Crippen LogP contribution is 2.34. The fraction of sp³-hybridized carbons (Fsp3) is 0.120. The summed E-state index contributed by atoms with van der Waals surface area (Å²) >= 11 is 13.3. The molecule has 36 heavy (non-hydrogen) atoms. The van der Waals surface area contributed by atoms with E-state index in [4.69, 9.17) is 32.7 Å². The van der Waals surface area contributed by atoms with E-state index in [9.17, 15) is 9.59 Å². The lowest BCUT2D eigenvalue weighted by atomic mass is 10.2. The first-order valence-electron chi connectivity index (χ1n) is 10.5. The topological polar surface area (TPSA) is 93.1 Å². The molecule has 1 N–H and O–H groups in total. The summed E-state index contributed by atoms with van der Waals surface area (Å²) in [6, 6.07) is 15.5. The van der Waals surface area contributed by atoms with Crippen molar-refractivity contribution in [2.75, 3.05) is 30.2 Å². The molecule has 0 atom stereocenters. The van der Waals surface area contributed by atoms with Gasteiger partial charge in [0.1, 0.15) is 17.2 Å². The van der Waals surface area contributed by atoms with Crippen molar-refractivity contribution in [3.63, 3.8) is 0 Å². The Morgan fingerprint density at radius 2 is 1.89 bits per heavy atom. The molecule has 1 aliphatic rings. The van der Waals surface area contributed by atoms with Gasteiger partial charge >= 0.3 is 0 Å². The number of aliphatic imine (C=N–C) groups is 1. The number of nitrogens with zero attached hydrogens (tertiary/aromatic N) is 3. The summed E-state index contributed by atoms with van der Waals surface area (Å²) in [7, 11) is 3.07.